The van der Waals surface area contributed by atoms with E-state index in [9.17, 15) is 5.21 Å². The Morgan fingerprint density at radius 2 is 1.91 bits per heavy atom. The molecule has 0 spiro atoms. The van der Waals surface area contributed by atoms with E-state index in [0.717, 1.165) is 11.1 Å². The van der Waals surface area contributed by atoms with Crippen molar-refractivity contribution in [2.75, 3.05) is 26.6 Å². The van der Waals surface area contributed by atoms with Gasteiger partial charge in [-0.3, -0.25) is 5.21 Å². The molecule has 4 aromatic rings. The molecular weight excluding hydrogens is 410 g/mol. The van der Waals surface area contributed by atoms with Gasteiger partial charge in [-0.2, -0.15) is 0 Å². The summed E-state index contributed by atoms with van der Waals surface area (Å²) in [4.78, 5) is 8.69. The molecule has 3 N–H and O–H groups in total. The van der Waals surface area contributed by atoms with Crippen molar-refractivity contribution < 1.29 is 19.4 Å². The third-order valence-electron chi connectivity index (χ3n) is 5.27. The van der Waals surface area contributed by atoms with E-state index in [1.165, 1.54) is 4.73 Å². The summed E-state index contributed by atoms with van der Waals surface area (Å²) >= 11 is 0. The van der Waals surface area contributed by atoms with Gasteiger partial charge < -0.3 is 15.2 Å². The number of hydrogen-bond donors (Lipinski definition) is 2. The van der Waals surface area contributed by atoms with Gasteiger partial charge in [0.15, 0.2) is 0 Å². The van der Waals surface area contributed by atoms with Crippen molar-refractivity contribution in [3.05, 3.63) is 54.0 Å². The van der Waals surface area contributed by atoms with Gasteiger partial charge in [0, 0.05) is 29.4 Å². The number of benzene rings is 1. The fraction of sp³-hybridized carbons (Fsp3) is 0.318. The van der Waals surface area contributed by atoms with E-state index in [4.69, 9.17) is 15.2 Å². The first-order valence-corrected chi connectivity index (χ1v) is 10.1. The maximum Gasteiger partial charge on any atom is 0.255 e. The van der Waals surface area contributed by atoms with Crippen molar-refractivity contribution in [2.24, 2.45) is 0 Å². The maximum atomic E-state index is 10.8. The quantitative estimate of drug-likeness (QED) is 0.333. The number of hydrogen-bond acceptors (Lipinski definition) is 8. The third-order valence-corrected chi connectivity index (χ3v) is 5.27. The van der Waals surface area contributed by atoms with Crippen LogP contribution < -0.4 is 15.2 Å². The Balaban J connectivity index is 1.70. The zero-order valence-corrected chi connectivity index (χ0v) is 18.5. The molecule has 3 aromatic heterocycles. The number of nitrogens with zero attached hydrogens (tertiary/aromatic N) is 6. The predicted molar refractivity (Wildman–Crippen MR) is 117 cm³/mol. The second-order valence-electron chi connectivity index (χ2n) is 8.12. The van der Waals surface area contributed by atoms with Gasteiger partial charge in [-0.1, -0.05) is 17.3 Å². The van der Waals surface area contributed by atoms with Crippen LogP contribution in [0.1, 0.15) is 25.2 Å². The zero-order chi connectivity index (χ0) is 22.9. The molecule has 0 radical (unpaired) electrons. The lowest BCUT2D eigenvalue weighted by Crippen LogP contribution is -2.47. The summed E-state index contributed by atoms with van der Waals surface area (Å²) in [6.07, 6.45) is 1.76. The minimum Gasteiger partial charge on any atom is -0.494 e. The van der Waals surface area contributed by atoms with Crippen LogP contribution in [0.4, 0.5) is 5.95 Å². The van der Waals surface area contributed by atoms with Crippen molar-refractivity contribution in [2.45, 2.75) is 25.8 Å². The molecule has 0 fully saturated rings. The fourth-order valence-electron chi connectivity index (χ4n) is 3.77. The molecule has 0 aliphatic heterocycles. The molecule has 4 rings (SSSR count). The van der Waals surface area contributed by atoms with Crippen molar-refractivity contribution in [1.82, 2.24) is 25.0 Å². The van der Waals surface area contributed by atoms with Gasteiger partial charge in [0.2, 0.25) is 11.6 Å². The van der Waals surface area contributed by atoms with Crippen molar-refractivity contribution in [3.63, 3.8) is 0 Å². The summed E-state index contributed by atoms with van der Waals surface area (Å²) in [7, 11) is 3.22. The van der Waals surface area contributed by atoms with Crippen LogP contribution in [0.15, 0.2) is 42.6 Å². The van der Waals surface area contributed by atoms with E-state index >= 15 is 0 Å². The largest absolute Gasteiger partial charge is 0.494 e. The average molecular weight is 436 g/mol. The highest BCUT2D eigenvalue weighted by Crippen LogP contribution is 2.30. The van der Waals surface area contributed by atoms with Crippen LogP contribution in [0.25, 0.3) is 22.3 Å². The number of rotatable bonds is 7. The number of para-hydroxylation sites is 1. The molecule has 0 aliphatic carbocycles. The Labute approximate surface area is 185 Å². The van der Waals surface area contributed by atoms with Crippen LogP contribution in [0.2, 0.25) is 0 Å². The third kappa shape index (κ3) is 3.92. The van der Waals surface area contributed by atoms with Crippen LogP contribution >= 0.6 is 0 Å². The minimum atomic E-state index is -0.372. The van der Waals surface area contributed by atoms with Crippen LogP contribution in [-0.4, -0.2) is 51.0 Å². The smallest absolute Gasteiger partial charge is 0.255 e. The van der Waals surface area contributed by atoms with Gasteiger partial charge in [-0.05, 0) is 26.0 Å². The van der Waals surface area contributed by atoms with Crippen LogP contribution in [-0.2, 0) is 16.7 Å². The first-order chi connectivity index (χ1) is 15.3. The van der Waals surface area contributed by atoms with E-state index in [1.54, 1.807) is 25.1 Å². The number of nitrogen functional groups attached to an aromatic ring is 1. The molecule has 0 atom stereocenters. The molecule has 0 saturated carbocycles. The Morgan fingerprint density at radius 1 is 1.12 bits per heavy atom. The molecule has 0 unspecified atom stereocenters. The molecule has 0 aliphatic rings. The molecular formula is C22H26N7O3+. The van der Waals surface area contributed by atoms with E-state index in [2.05, 4.69) is 20.3 Å². The average Bonchev–Trinajstić information content (AvgIpc) is 3.22. The topological polar surface area (TPSA) is 125 Å². The Hall–Kier alpha value is -3.79. The van der Waals surface area contributed by atoms with Crippen LogP contribution in [0, 0.1) is 0 Å². The molecule has 10 nitrogen and oxygen atoms in total. The van der Waals surface area contributed by atoms with Gasteiger partial charge in [-0.25, -0.2) is 14.6 Å². The Kier molecular flexibility index (Phi) is 5.62. The molecule has 32 heavy (non-hydrogen) atoms. The second-order valence-corrected chi connectivity index (χ2v) is 8.12. The normalized spacial score (nSPS) is 11.8. The summed E-state index contributed by atoms with van der Waals surface area (Å²) in [5, 5.41) is 20.1. The SMILES string of the molecule is COCC(C)(C)c1cccc(Cn2cc(-c3nc(N)nc4c(OC)cccc34)nn2)[n+]1O. The fourth-order valence-corrected chi connectivity index (χ4v) is 3.77. The monoisotopic (exact) mass is 436 g/mol. The summed E-state index contributed by atoms with van der Waals surface area (Å²) in [5.74, 6) is 0.717. The summed E-state index contributed by atoms with van der Waals surface area (Å²) in [6.45, 7) is 4.79. The maximum absolute atomic E-state index is 10.8. The number of anilines is 1. The van der Waals surface area contributed by atoms with Gasteiger partial charge in [0.25, 0.3) is 5.69 Å². The number of pyridine rings is 1. The Bertz CT molecular complexity index is 1270. The highest BCUT2D eigenvalue weighted by Gasteiger charge is 2.33. The van der Waals surface area contributed by atoms with Gasteiger partial charge in [-0.15, -0.1) is 5.10 Å². The highest BCUT2D eigenvalue weighted by molar-refractivity contribution is 5.95. The molecule has 0 amide bonds. The standard InChI is InChI=1S/C22H26N7O3/c1-22(2,13-31-3)18-10-5-7-14(29(18)30)11-28-12-16(26-27-28)19-15-8-6-9-17(32-4)20(15)25-21(23)24-19/h5-10,12,30H,11,13H2,1-4H3,(H2,23,24,25)/q+1. The van der Waals surface area contributed by atoms with E-state index < -0.39 is 0 Å². The summed E-state index contributed by atoms with van der Waals surface area (Å²) in [6, 6.07) is 11.2. The highest BCUT2D eigenvalue weighted by atomic mass is 16.5. The Morgan fingerprint density at radius 3 is 2.66 bits per heavy atom. The lowest BCUT2D eigenvalue weighted by atomic mass is 9.89. The number of ether oxygens (including phenoxy) is 2. The number of nitrogens with two attached hydrogens (primary N) is 1. The van der Waals surface area contributed by atoms with Crippen molar-refractivity contribution in [3.8, 4) is 17.1 Å². The lowest BCUT2D eigenvalue weighted by molar-refractivity contribution is -0.916. The lowest BCUT2D eigenvalue weighted by Gasteiger charge is -2.19. The van der Waals surface area contributed by atoms with E-state index in [0.29, 0.717) is 41.5 Å². The van der Waals surface area contributed by atoms with Gasteiger partial charge >= 0.3 is 0 Å². The molecule has 0 saturated heterocycles. The molecule has 3 heterocycles. The predicted octanol–water partition coefficient (Wildman–Crippen LogP) is 1.98. The number of fused-ring (bicyclic) bond motifs is 1. The zero-order valence-electron chi connectivity index (χ0n) is 18.5. The number of aromatic nitrogens is 6. The summed E-state index contributed by atoms with van der Waals surface area (Å²) < 4.78 is 13.5. The molecule has 0 bridgehead atoms. The van der Waals surface area contributed by atoms with Gasteiger partial charge in [0.05, 0.1) is 25.3 Å². The first-order valence-electron chi connectivity index (χ1n) is 10.1. The van der Waals surface area contributed by atoms with Gasteiger partial charge in [0.1, 0.15) is 29.2 Å². The molecule has 10 heteroatoms. The van der Waals surface area contributed by atoms with Crippen LogP contribution in [0.3, 0.4) is 0 Å². The number of methoxy groups -OCH3 is 2. The van der Waals surface area contributed by atoms with Crippen molar-refractivity contribution in [1.29, 1.82) is 0 Å². The van der Waals surface area contributed by atoms with E-state index in [-0.39, 0.29) is 11.4 Å². The minimum absolute atomic E-state index is 0.118. The van der Waals surface area contributed by atoms with Crippen LogP contribution in [0.5, 0.6) is 5.75 Å². The second kappa shape index (κ2) is 8.39. The first kappa shape index (κ1) is 21.4. The molecule has 166 valence electrons. The van der Waals surface area contributed by atoms with E-state index in [1.807, 2.05) is 50.2 Å². The summed E-state index contributed by atoms with van der Waals surface area (Å²) in [5.41, 5.74) is 8.66. The molecule has 1 aromatic carbocycles. The van der Waals surface area contributed by atoms with Crippen molar-refractivity contribution >= 4 is 16.9 Å².